The van der Waals surface area contributed by atoms with Crippen molar-refractivity contribution < 1.29 is 18.7 Å². The quantitative estimate of drug-likeness (QED) is 0.611. The predicted octanol–water partition coefficient (Wildman–Crippen LogP) is 3.79. The van der Waals surface area contributed by atoms with Crippen molar-refractivity contribution in [2.75, 3.05) is 45.2 Å². The van der Waals surface area contributed by atoms with Crippen molar-refractivity contribution in [3.63, 3.8) is 0 Å². The number of hydrogen-bond donors (Lipinski definition) is 1. The van der Waals surface area contributed by atoms with Crippen molar-refractivity contribution in [3.05, 3.63) is 59.9 Å². The molecular formula is C25H29N3O4. The van der Waals surface area contributed by atoms with E-state index in [1.807, 2.05) is 53.4 Å². The lowest BCUT2D eigenvalue weighted by Gasteiger charge is -2.34. The van der Waals surface area contributed by atoms with E-state index < -0.39 is 0 Å². The highest BCUT2D eigenvalue weighted by Gasteiger charge is 2.28. The number of anilines is 1. The molecule has 1 aliphatic heterocycles. The molecule has 0 saturated carbocycles. The van der Waals surface area contributed by atoms with Crippen LogP contribution in [0.15, 0.2) is 52.9 Å². The summed E-state index contributed by atoms with van der Waals surface area (Å²) in [6.07, 6.45) is 1.29. The number of hydrogen-bond acceptors (Lipinski definition) is 5. The highest BCUT2D eigenvalue weighted by molar-refractivity contribution is 6.11. The first-order valence-electron chi connectivity index (χ1n) is 11.0. The van der Waals surface area contributed by atoms with E-state index >= 15 is 0 Å². The Bertz CT molecular complexity index is 1080. The third-order valence-electron chi connectivity index (χ3n) is 5.78. The van der Waals surface area contributed by atoms with Gasteiger partial charge < -0.3 is 19.4 Å². The third-order valence-corrected chi connectivity index (χ3v) is 5.78. The number of nitrogens with zero attached hydrogens (tertiary/aromatic N) is 2. The average molecular weight is 436 g/mol. The van der Waals surface area contributed by atoms with E-state index in [1.54, 1.807) is 7.11 Å². The van der Waals surface area contributed by atoms with Gasteiger partial charge in [0.2, 0.25) is 11.7 Å². The fourth-order valence-corrected chi connectivity index (χ4v) is 4.07. The van der Waals surface area contributed by atoms with Crippen LogP contribution >= 0.6 is 0 Å². The van der Waals surface area contributed by atoms with Crippen LogP contribution in [0.2, 0.25) is 0 Å². The first-order valence-corrected chi connectivity index (χ1v) is 11.0. The summed E-state index contributed by atoms with van der Waals surface area (Å²) < 4.78 is 11.1. The van der Waals surface area contributed by atoms with Gasteiger partial charge in [-0.2, -0.15) is 0 Å². The SMILES string of the molecule is CCCN1CCN(C(=O)c2oc3ccccc3c2NC(=O)Cc2ccc(OC)cc2)CC1. The van der Waals surface area contributed by atoms with Gasteiger partial charge in [-0.3, -0.25) is 14.5 Å². The fraction of sp³-hybridized carbons (Fsp3) is 0.360. The van der Waals surface area contributed by atoms with Crippen LogP contribution in [0.4, 0.5) is 5.69 Å². The lowest BCUT2D eigenvalue weighted by Crippen LogP contribution is -2.48. The Morgan fingerprint density at radius 3 is 2.44 bits per heavy atom. The summed E-state index contributed by atoms with van der Waals surface area (Å²) in [5.41, 5.74) is 1.89. The lowest BCUT2D eigenvalue weighted by atomic mass is 10.1. The van der Waals surface area contributed by atoms with Gasteiger partial charge in [0.05, 0.1) is 13.5 Å². The van der Waals surface area contributed by atoms with Gasteiger partial charge in [0.15, 0.2) is 0 Å². The molecule has 0 bridgehead atoms. The maximum atomic E-state index is 13.3. The monoisotopic (exact) mass is 435 g/mol. The number of nitrogens with one attached hydrogen (secondary N) is 1. The van der Waals surface area contributed by atoms with Crippen LogP contribution in [0.3, 0.4) is 0 Å². The lowest BCUT2D eigenvalue weighted by molar-refractivity contribution is -0.115. The number of para-hydroxylation sites is 1. The second-order valence-electron chi connectivity index (χ2n) is 8.01. The van der Waals surface area contributed by atoms with E-state index in [-0.39, 0.29) is 24.0 Å². The number of benzene rings is 2. The molecule has 4 rings (SSSR count). The zero-order valence-corrected chi connectivity index (χ0v) is 18.6. The van der Waals surface area contributed by atoms with Crippen molar-refractivity contribution in [3.8, 4) is 5.75 Å². The number of fused-ring (bicyclic) bond motifs is 1. The van der Waals surface area contributed by atoms with Crippen molar-refractivity contribution in [1.82, 2.24) is 9.80 Å². The maximum Gasteiger partial charge on any atom is 0.291 e. The molecule has 2 amide bonds. The molecule has 1 saturated heterocycles. The largest absolute Gasteiger partial charge is 0.497 e. The van der Waals surface area contributed by atoms with Gasteiger partial charge in [0, 0.05) is 31.6 Å². The van der Waals surface area contributed by atoms with E-state index in [2.05, 4.69) is 17.1 Å². The van der Waals surface area contributed by atoms with Crippen LogP contribution in [0.1, 0.15) is 29.5 Å². The van der Waals surface area contributed by atoms with Gasteiger partial charge in [-0.05, 0) is 42.8 Å². The number of ether oxygens (including phenoxy) is 1. The Hall–Kier alpha value is -3.32. The van der Waals surface area contributed by atoms with Crippen LogP contribution in [0.25, 0.3) is 11.0 Å². The van der Waals surface area contributed by atoms with E-state index in [0.29, 0.717) is 24.4 Å². The molecule has 0 unspecified atom stereocenters. The number of furan rings is 1. The second kappa shape index (κ2) is 9.87. The Balaban J connectivity index is 1.53. The second-order valence-corrected chi connectivity index (χ2v) is 8.01. The molecule has 1 aromatic heterocycles. The van der Waals surface area contributed by atoms with Crippen molar-refractivity contribution in [1.29, 1.82) is 0 Å². The molecule has 3 aromatic rings. The molecule has 1 aliphatic rings. The maximum absolute atomic E-state index is 13.3. The molecule has 2 heterocycles. The molecule has 0 radical (unpaired) electrons. The molecule has 0 spiro atoms. The van der Waals surface area contributed by atoms with Crippen LogP contribution < -0.4 is 10.1 Å². The van der Waals surface area contributed by atoms with Gasteiger partial charge >= 0.3 is 0 Å². The van der Waals surface area contributed by atoms with Gasteiger partial charge in [-0.1, -0.05) is 31.2 Å². The molecular weight excluding hydrogens is 406 g/mol. The Kier molecular flexibility index (Phi) is 6.75. The molecule has 1 fully saturated rings. The summed E-state index contributed by atoms with van der Waals surface area (Å²) in [7, 11) is 1.61. The molecule has 0 atom stereocenters. The molecule has 32 heavy (non-hydrogen) atoms. The standard InChI is InChI=1S/C25H29N3O4/c1-3-12-27-13-15-28(16-14-27)25(30)24-23(20-6-4-5-7-21(20)32-24)26-22(29)17-18-8-10-19(31-2)11-9-18/h4-11H,3,12-17H2,1-2H3,(H,26,29). The number of carbonyl (C=O) groups is 2. The van der Waals surface area contributed by atoms with Gasteiger partial charge in [-0.15, -0.1) is 0 Å². The first kappa shape index (κ1) is 21.9. The minimum Gasteiger partial charge on any atom is -0.497 e. The van der Waals surface area contributed by atoms with Crippen molar-refractivity contribution in [2.24, 2.45) is 0 Å². The summed E-state index contributed by atoms with van der Waals surface area (Å²) in [5.74, 6) is 0.542. The van der Waals surface area contributed by atoms with Gasteiger partial charge in [0.1, 0.15) is 17.0 Å². The van der Waals surface area contributed by atoms with Crippen molar-refractivity contribution in [2.45, 2.75) is 19.8 Å². The molecule has 168 valence electrons. The first-order chi connectivity index (χ1) is 15.6. The minimum absolute atomic E-state index is 0.183. The number of rotatable bonds is 7. The molecule has 7 nitrogen and oxygen atoms in total. The minimum atomic E-state index is -0.205. The zero-order valence-electron chi connectivity index (χ0n) is 18.6. The van der Waals surface area contributed by atoms with E-state index in [9.17, 15) is 9.59 Å². The van der Waals surface area contributed by atoms with Crippen molar-refractivity contribution >= 4 is 28.5 Å². The average Bonchev–Trinajstić information content (AvgIpc) is 3.18. The molecule has 2 aromatic carbocycles. The normalized spacial score (nSPS) is 14.5. The fourth-order valence-electron chi connectivity index (χ4n) is 4.07. The van der Waals surface area contributed by atoms with Crippen LogP contribution in [-0.2, 0) is 11.2 Å². The number of amides is 2. The summed E-state index contributed by atoms with van der Waals surface area (Å²) in [6.45, 7) is 6.19. The predicted molar refractivity (Wildman–Crippen MR) is 124 cm³/mol. The molecule has 0 aliphatic carbocycles. The van der Waals surface area contributed by atoms with E-state index in [0.717, 1.165) is 42.8 Å². The van der Waals surface area contributed by atoms with Crippen LogP contribution in [-0.4, -0.2) is 61.4 Å². The van der Waals surface area contributed by atoms with Crippen LogP contribution in [0, 0.1) is 0 Å². The summed E-state index contributed by atoms with van der Waals surface area (Å²) in [4.78, 5) is 30.3. The Morgan fingerprint density at radius 2 is 1.75 bits per heavy atom. The third kappa shape index (κ3) is 4.78. The number of piperazine rings is 1. The highest BCUT2D eigenvalue weighted by Crippen LogP contribution is 2.32. The topological polar surface area (TPSA) is 75.0 Å². The molecule has 7 heteroatoms. The Labute approximate surface area is 187 Å². The Morgan fingerprint density at radius 1 is 1.03 bits per heavy atom. The zero-order chi connectivity index (χ0) is 22.5. The van der Waals surface area contributed by atoms with Gasteiger partial charge in [-0.25, -0.2) is 0 Å². The van der Waals surface area contributed by atoms with E-state index in [1.165, 1.54) is 0 Å². The number of carbonyl (C=O) groups excluding carboxylic acids is 2. The van der Waals surface area contributed by atoms with Crippen LogP contribution in [0.5, 0.6) is 5.75 Å². The molecule has 1 N–H and O–H groups in total. The van der Waals surface area contributed by atoms with E-state index in [4.69, 9.17) is 9.15 Å². The summed E-state index contributed by atoms with van der Waals surface area (Å²) in [6, 6.07) is 14.7. The highest BCUT2D eigenvalue weighted by atomic mass is 16.5. The van der Waals surface area contributed by atoms with Gasteiger partial charge in [0.25, 0.3) is 5.91 Å². The summed E-state index contributed by atoms with van der Waals surface area (Å²) in [5, 5.41) is 3.66. The number of methoxy groups -OCH3 is 1. The smallest absolute Gasteiger partial charge is 0.291 e. The summed E-state index contributed by atoms with van der Waals surface area (Å²) >= 11 is 0.